The molecule has 2 N–H and O–H groups in total. The van der Waals surface area contributed by atoms with Gasteiger partial charge in [-0.15, -0.1) is 0 Å². The highest BCUT2D eigenvalue weighted by Crippen LogP contribution is 2.31. The van der Waals surface area contributed by atoms with E-state index in [2.05, 4.69) is 5.10 Å². The second kappa shape index (κ2) is 6.08. The van der Waals surface area contributed by atoms with Crippen molar-refractivity contribution in [3.8, 4) is 11.1 Å². The predicted octanol–water partition coefficient (Wildman–Crippen LogP) is 2.90. The van der Waals surface area contributed by atoms with E-state index in [1.54, 1.807) is 4.68 Å². The molecular weight excluding hydrogens is 262 g/mol. The molecule has 4 nitrogen and oxygen atoms in total. The molecule has 0 unspecified atom stereocenters. The van der Waals surface area contributed by atoms with Crippen LogP contribution in [0.25, 0.3) is 11.1 Å². The van der Waals surface area contributed by atoms with E-state index in [4.69, 9.17) is 22.1 Å². The van der Waals surface area contributed by atoms with Crippen LogP contribution in [0, 0.1) is 0 Å². The largest absolute Gasteiger partial charge is 0.383 e. The molecular formula is C14H18ClN3O. The fourth-order valence-corrected chi connectivity index (χ4v) is 2.23. The van der Waals surface area contributed by atoms with Crippen molar-refractivity contribution in [2.24, 2.45) is 7.05 Å². The van der Waals surface area contributed by atoms with E-state index in [0.717, 1.165) is 23.2 Å². The number of nitrogens with two attached hydrogens (primary N) is 1. The van der Waals surface area contributed by atoms with Gasteiger partial charge in [-0.05, 0) is 24.6 Å². The van der Waals surface area contributed by atoms with Crippen molar-refractivity contribution in [1.29, 1.82) is 0 Å². The van der Waals surface area contributed by atoms with E-state index in [9.17, 15) is 0 Å². The Labute approximate surface area is 118 Å². The number of aryl methyl sites for hydroxylation is 1. The lowest BCUT2D eigenvalue weighted by molar-refractivity contribution is 0.150. The van der Waals surface area contributed by atoms with Gasteiger partial charge in [0, 0.05) is 30.7 Å². The van der Waals surface area contributed by atoms with Gasteiger partial charge in [0.05, 0.1) is 12.3 Å². The highest BCUT2D eigenvalue weighted by atomic mass is 35.5. The van der Waals surface area contributed by atoms with Crippen molar-refractivity contribution in [1.82, 2.24) is 9.78 Å². The summed E-state index contributed by atoms with van der Waals surface area (Å²) in [5.41, 5.74) is 8.99. The first-order valence-electron chi connectivity index (χ1n) is 6.28. The normalized spacial score (nSPS) is 10.9. The summed E-state index contributed by atoms with van der Waals surface area (Å²) < 4.78 is 7.08. The van der Waals surface area contributed by atoms with Gasteiger partial charge in [0.15, 0.2) is 0 Å². The maximum absolute atomic E-state index is 6.11. The first-order valence-corrected chi connectivity index (χ1v) is 6.66. The molecule has 102 valence electrons. The molecule has 0 atom stereocenters. The monoisotopic (exact) mass is 279 g/mol. The highest BCUT2D eigenvalue weighted by Gasteiger charge is 2.15. The van der Waals surface area contributed by atoms with Gasteiger partial charge in [-0.2, -0.15) is 5.10 Å². The van der Waals surface area contributed by atoms with Gasteiger partial charge in [-0.25, -0.2) is 0 Å². The molecule has 0 saturated carbocycles. The summed E-state index contributed by atoms with van der Waals surface area (Å²) in [7, 11) is 1.84. The number of rotatable bonds is 5. The summed E-state index contributed by atoms with van der Waals surface area (Å²) in [5, 5.41) is 5.15. The molecule has 0 saturated heterocycles. The fraction of sp³-hybridized carbons (Fsp3) is 0.357. The Morgan fingerprint density at radius 1 is 1.42 bits per heavy atom. The van der Waals surface area contributed by atoms with Crippen LogP contribution in [0.2, 0.25) is 5.02 Å². The summed E-state index contributed by atoms with van der Waals surface area (Å²) in [6.45, 7) is 3.32. The molecule has 1 heterocycles. The first kappa shape index (κ1) is 13.9. The Hall–Kier alpha value is -1.52. The number of ether oxygens (including phenoxy) is 1. The summed E-state index contributed by atoms with van der Waals surface area (Å²) in [6.07, 6.45) is 0.737. The zero-order valence-electron chi connectivity index (χ0n) is 11.2. The number of nitrogen functional groups attached to an aromatic ring is 1. The topological polar surface area (TPSA) is 53.1 Å². The minimum Gasteiger partial charge on any atom is -0.383 e. The molecule has 0 radical (unpaired) electrons. The van der Waals surface area contributed by atoms with E-state index >= 15 is 0 Å². The number of anilines is 1. The number of hydrogen-bond donors (Lipinski definition) is 1. The van der Waals surface area contributed by atoms with E-state index in [-0.39, 0.29) is 0 Å². The van der Waals surface area contributed by atoms with E-state index in [1.807, 2.05) is 38.2 Å². The van der Waals surface area contributed by atoms with Crippen LogP contribution in [0.1, 0.15) is 12.6 Å². The third-order valence-corrected chi connectivity index (χ3v) is 3.20. The van der Waals surface area contributed by atoms with Crippen LogP contribution in [-0.2, 0) is 18.2 Å². The van der Waals surface area contributed by atoms with Crippen LogP contribution in [0.5, 0.6) is 0 Å². The zero-order valence-corrected chi connectivity index (χ0v) is 11.9. The smallest absolute Gasteiger partial charge is 0.129 e. The Kier molecular flexibility index (Phi) is 4.45. The van der Waals surface area contributed by atoms with Crippen molar-refractivity contribution in [2.75, 3.05) is 18.9 Å². The van der Waals surface area contributed by atoms with Crippen LogP contribution in [-0.4, -0.2) is 23.0 Å². The average Bonchev–Trinajstić information content (AvgIpc) is 2.65. The molecule has 0 aliphatic heterocycles. The van der Waals surface area contributed by atoms with Crippen molar-refractivity contribution < 1.29 is 4.74 Å². The summed E-state index contributed by atoms with van der Waals surface area (Å²) in [5.74, 6) is 0.647. The minimum atomic E-state index is 0.639. The molecule has 0 amide bonds. The highest BCUT2D eigenvalue weighted by molar-refractivity contribution is 6.30. The lowest BCUT2D eigenvalue weighted by Gasteiger charge is -2.05. The number of hydrogen-bond acceptors (Lipinski definition) is 3. The van der Waals surface area contributed by atoms with Crippen molar-refractivity contribution in [2.45, 2.75) is 13.3 Å². The molecule has 1 aromatic carbocycles. The van der Waals surface area contributed by atoms with E-state index in [0.29, 0.717) is 24.1 Å². The molecule has 5 heteroatoms. The van der Waals surface area contributed by atoms with Gasteiger partial charge >= 0.3 is 0 Å². The fourth-order valence-electron chi connectivity index (χ4n) is 2.04. The standard InChI is InChI=1S/C14H18ClN3O/c1-3-19-8-7-12-13(14(16)18(2)17-12)10-5-4-6-11(15)9-10/h4-6,9H,3,7-8,16H2,1-2H3. The number of halogens is 1. The Bertz CT molecular complexity index is 566. The predicted molar refractivity (Wildman–Crippen MR) is 78.3 cm³/mol. The van der Waals surface area contributed by atoms with E-state index in [1.165, 1.54) is 0 Å². The van der Waals surface area contributed by atoms with Crippen molar-refractivity contribution in [3.63, 3.8) is 0 Å². The molecule has 1 aromatic heterocycles. The van der Waals surface area contributed by atoms with Gasteiger partial charge in [0.25, 0.3) is 0 Å². The maximum Gasteiger partial charge on any atom is 0.129 e. The zero-order chi connectivity index (χ0) is 13.8. The number of aromatic nitrogens is 2. The molecule has 19 heavy (non-hydrogen) atoms. The Morgan fingerprint density at radius 3 is 2.89 bits per heavy atom. The Balaban J connectivity index is 2.37. The summed E-state index contributed by atoms with van der Waals surface area (Å²) >= 11 is 6.04. The number of nitrogens with zero attached hydrogens (tertiary/aromatic N) is 2. The molecule has 0 bridgehead atoms. The molecule has 0 aliphatic carbocycles. The second-order valence-corrected chi connectivity index (χ2v) is 4.72. The minimum absolute atomic E-state index is 0.639. The SMILES string of the molecule is CCOCCc1nn(C)c(N)c1-c1cccc(Cl)c1. The quantitative estimate of drug-likeness (QED) is 0.856. The average molecular weight is 280 g/mol. The molecule has 0 spiro atoms. The van der Waals surface area contributed by atoms with Gasteiger partial charge in [0.2, 0.25) is 0 Å². The van der Waals surface area contributed by atoms with Crippen LogP contribution in [0.15, 0.2) is 24.3 Å². The van der Waals surface area contributed by atoms with E-state index < -0.39 is 0 Å². The van der Waals surface area contributed by atoms with Gasteiger partial charge in [-0.1, -0.05) is 23.7 Å². The maximum atomic E-state index is 6.11. The van der Waals surface area contributed by atoms with Crippen molar-refractivity contribution in [3.05, 3.63) is 35.0 Å². The first-order chi connectivity index (χ1) is 9.13. The van der Waals surface area contributed by atoms with Crippen LogP contribution in [0.3, 0.4) is 0 Å². The molecule has 2 rings (SSSR count). The van der Waals surface area contributed by atoms with Gasteiger partial charge < -0.3 is 10.5 Å². The van der Waals surface area contributed by atoms with Crippen molar-refractivity contribution >= 4 is 17.4 Å². The van der Waals surface area contributed by atoms with Crippen LogP contribution >= 0.6 is 11.6 Å². The molecule has 2 aromatic rings. The van der Waals surface area contributed by atoms with Crippen LogP contribution in [0.4, 0.5) is 5.82 Å². The molecule has 0 fully saturated rings. The lowest BCUT2D eigenvalue weighted by atomic mass is 10.0. The number of benzene rings is 1. The second-order valence-electron chi connectivity index (χ2n) is 4.29. The molecule has 0 aliphatic rings. The Morgan fingerprint density at radius 2 is 2.21 bits per heavy atom. The van der Waals surface area contributed by atoms with Gasteiger partial charge in [-0.3, -0.25) is 4.68 Å². The third-order valence-electron chi connectivity index (χ3n) is 2.96. The third kappa shape index (κ3) is 3.08. The van der Waals surface area contributed by atoms with Crippen LogP contribution < -0.4 is 5.73 Å². The lowest BCUT2D eigenvalue weighted by Crippen LogP contribution is -2.00. The summed E-state index contributed by atoms with van der Waals surface area (Å²) in [6, 6.07) is 7.65. The summed E-state index contributed by atoms with van der Waals surface area (Å²) in [4.78, 5) is 0. The van der Waals surface area contributed by atoms with Gasteiger partial charge in [0.1, 0.15) is 5.82 Å².